The van der Waals surface area contributed by atoms with Gasteiger partial charge >= 0.3 is 5.97 Å². The number of carboxylic acids is 1. The highest BCUT2D eigenvalue weighted by atomic mass is 16.4. The number of hydrogen-bond acceptors (Lipinski definition) is 3. The van der Waals surface area contributed by atoms with E-state index in [-0.39, 0.29) is 18.4 Å². The van der Waals surface area contributed by atoms with Crippen molar-refractivity contribution < 1.29 is 14.7 Å². The lowest BCUT2D eigenvalue weighted by molar-refractivity contribution is -0.137. The monoisotopic (exact) mass is 230 g/mol. The van der Waals surface area contributed by atoms with E-state index >= 15 is 0 Å². The van der Waals surface area contributed by atoms with Crippen LogP contribution in [0, 0.1) is 0 Å². The molecular weight excluding hydrogens is 208 g/mol. The van der Waals surface area contributed by atoms with Crippen LogP contribution < -0.4 is 10.6 Å². The minimum Gasteiger partial charge on any atom is -0.481 e. The molecule has 1 unspecified atom stereocenters. The molecule has 0 spiro atoms. The van der Waals surface area contributed by atoms with Crippen molar-refractivity contribution in [1.82, 2.24) is 10.6 Å². The molecule has 3 N–H and O–H groups in total. The van der Waals surface area contributed by atoms with Crippen LogP contribution in [0.4, 0.5) is 0 Å². The van der Waals surface area contributed by atoms with Gasteiger partial charge in [-0.1, -0.05) is 6.92 Å². The van der Waals surface area contributed by atoms with Gasteiger partial charge in [-0.05, 0) is 26.3 Å². The summed E-state index contributed by atoms with van der Waals surface area (Å²) in [6.45, 7) is 5.23. The predicted molar refractivity (Wildman–Crippen MR) is 62.3 cm³/mol. The Labute approximate surface area is 96.6 Å². The zero-order valence-electron chi connectivity index (χ0n) is 10.1. The number of carboxylic acid groups (broad SMARTS) is 1. The highest BCUT2D eigenvalue weighted by Crippen LogP contribution is 1.90. The van der Waals surface area contributed by atoms with E-state index in [4.69, 9.17) is 5.11 Å². The van der Waals surface area contributed by atoms with Crippen molar-refractivity contribution in [2.75, 3.05) is 13.1 Å². The molecule has 1 atom stereocenters. The summed E-state index contributed by atoms with van der Waals surface area (Å²) < 4.78 is 0. The van der Waals surface area contributed by atoms with Crippen LogP contribution in [-0.4, -0.2) is 36.1 Å². The van der Waals surface area contributed by atoms with Gasteiger partial charge < -0.3 is 15.7 Å². The maximum absolute atomic E-state index is 11.3. The van der Waals surface area contributed by atoms with E-state index in [0.29, 0.717) is 25.9 Å². The summed E-state index contributed by atoms with van der Waals surface area (Å²) >= 11 is 0. The Kier molecular flexibility index (Phi) is 8.52. The van der Waals surface area contributed by atoms with Crippen molar-refractivity contribution in [1.29, 1.82) is 0 Å². The molecule has 0 aliphatic rings. The van der Waals surface area contributed by atoms with Crippen LogP contribution in [-0.2, 0) is 9.59 Å². The highest BCUT2D eigenvalue weighted by molar-refractivity contribution is 5.76. The fraction of sp³-hybridized carbons (Fsp3) is 0.818. The molecule has 0 aromatic carbocycles. The van der Waals surface area contributed by atoms with Crippen LogP contribution in [0.2, 0.25) is 0 Å². The van der Waals surface area contributed by atoms with Gasteiger partial charge in [-0.15, -0.1) is 0 Å². The molecule has 94 valence electrons. The number of rotatable bonds is 9. The van der Waals surface area contributed by atoms with Crippen molar-refractivity contribution in [2.24, 2.45) is 0 Å². The van der Waals surface area contributed by atoms with Crippen LogP contribution in [0.25, 0.3) is 0 Å². The second-order valence-electron chi connectivity index (χ2n) is 3.87. The van der Waals surface area contributed by atoms with E-state index in [2.05, 4.69) is 10.6 Å². The lowest BCUT2D eigenvalue weighted by Gasteiger charge is -2.11. The van der Waals surface area contributed by atoms with Gasteiger partial charge in [0.2, 0.25) is 5.91 Å². The molecule has 0 rings (SSSR count). The van der Waals surface area contributed by atoms with Gasteiger partial charge in [0.15, 0.2) is 0 Å². The molecule has 0 aliphatic carbocycles. The summed E-state index contributed by atoms with van der Waals surface area (Å²) in [5.41, 5.74) is 0. The minimum atomic E-state index is -0.781. The Hall–Kier alpha value is -1.10. The molecule has 0 aromatic rings. The first kappa shape index (κ1) is 14.9. The molecule has 5 nitrogen and oxygen atoms in total. The standard InChI is InChI=1S/C11H22N2O3/c1-3-9(2)13-10(14)6-8-12-7-4-5-11(15)16/h9,12H,3-8H2,1-2H3,(H,13,14)(H,15,16). The third-order valence-corrected chi connectivity index (χ3v) is 2.29. The molecule has 0 aromatic heterocycles. The summed E-state index contributed by atoms with van der Waals surface area (Å²) in [5, 5.41) is 14.3. The Balaban J connectivity index is 3.31. The third kappa shape index (κ3) is 9.45. The summed E-state index contributed by atoms with van der Waals surface area (Å²) in [5.74, 6) is -0.739. The lowest BCUT2D eigenvalue weighted by atomic mass is 10.2. The van der Waals surface area contributed by atoms with Gasteiger partial charge in [0.05, 0.1) is 0 Å². The molecule has 0 radical (unpaired) electrons. The highest BCUT2D eigenvalue weighted by Gasteiger charge is 2.04. The SMILES string of the molecule is CCC(C)NC(=O)CCNCCCC(=O)O. The molecule has 5 heteroatoms. The van der Waals surface area contributed by atoms with Crippen molar-refractivity contribution in [3.8, 4) is 0 Å². The van der Waals surface area contributed by atoms with Gasteiger partial charge in [0.1, 0.15) is 0 Å². The Morgan fingerprint density at radius 1 is 1.25 bits per heavy atom. The fourth-order valence-electron chi connectivity index (χ4n) is 1.14. The Morgan fingerprint density at radius 2 is 1.94 bits per heavy atom. The zero-order chi connectivity index (χ0) is 12.4. The Bertz CT molecular complexity index is 219. The van der Waals surface area contributed by atoms with E-state index in [9.17, 15) is 9.59 Å². The lowest BCUT2D eigenvalue weighted by Crippen LogP contribution is -2.34. The smallest absolute Gasteiger partial charge is 0.303 e. The molecule has 0 fully saturated rings. The average Bonchev–Trinajstić information content (AvgIpc) is 2.22. The molecular formula is C11H22N2O3. The normalized spacial score (nSPS) is 12.1. The first-order valence-electron chi connectivity index (χ1n) is 5.78. The molecule has 0 bridgehead atoms. The number of carbonyl (C=O) groups excluding carboxylic acids is 1. The quantitative estimate of drug-likeness (QED) is 0.511. The first-order chi connectivity index (χ1) is 7.56. The minimum absolute atomic E-state index is 0.0417. The average molecular weight is 230 g/mol. The second kappa shape index (κ2) is 9.15. The third-order valence-electron chi connectivity index (χ3n) is 2.29. The van der Waals surface area contributed by atoms with Gasteiger partial charge in [-0.2, -0.15) is 0 Å². The summed E-state index contributed by atoms with van der Waals surface area (Å²) in [6.07, 6.45) is 2.14. The molecule has 16 heavy (non-hydrogen) atoms. The number of amides is 1. The van der Waals surface area contributed by atoms with E-state index in [1.165, 1.54) is 0 Å². The van der Waals surface area contributed by atoms with E-state index in [1.54, 1.807) is 0 Å². The van der Waals surface area contributed by atoms with Gasteiger partial charge in [-0.25, -0.2) is 0 Å². The Morgan fingerprint density at radius 3 is 2.50 bits per heavy atom. The number of aliphatic carboxylic acids is 1. The van der Waals surface area contributed by atoms with Crippen molar-refractivity contribution in [3.63, 3.8) is 0 Å². The molecule has 0 heterocycles. The fourth-order valence-corrected chi connectivity index (χ4v) is 1.14. The van der Waals surface area contributed by atoms with Gasteiger partial charge in [0.25, 0.3) is 0 Å². The van der Waals surface area contributed by atoms with E-state index < -0.39 is 5.97 Å². The van der Waals surface area contributed by atoms with Gasteiger partial charge in [-0.3, -0.25) is 9.59 Å². The second-order valence-corrected chi connectivity index (χ2v) is 3.87. The van der Waals surface area contributed by atoms with Crippen LogP contribution in [0.3, 0.4) is 0 Å². The topological polar surface area (TPSA) is 78.4 Å². The first-order valence-corrected chi connectivity index (χ1v) is 5.78. The summed E-state index contributed by atoms with van der Waals surface area (Å²) in [4.78, 5) is 21.5. The molecule has 0 aliphatic heterocycles. The number of carbonyl (C=O) groups is 2. The summed E-state index contributed by atoms with van der Waals surface area (Å²) in [6, 6.07) is 0.222. The summed E-state index contributed by atoms with van der Waals surface area (Å²) in [7, 11) is 0. The van der Waals surface area contributed by atoms with Crippen LogP contribution in [0.15, 0.2) is 0 Å². The number of nitrogens with one attached hydrogen (secondary N) is 2. The maximum atomic E-state index is 11.3. The largest absolute Gasteiger partial charge is 0.481 e. The van der Waals surface area contributed by atoms with Crippen LogP contribution >= 0.6 is 0 Å². The molecule has 0 saturated heterocycles. The van der Waals surface area contributed by atoms with Crippen molar-refractivity contribution in [2.45, 2.75) is 45.6 Å². The van der Waals surface area contributed by atoms with E-state index in [1.807, 2.05) is 13.8 Å². The van der Waals surface area contributed by atoms with Gasteiger partial charge in [0, 0.05) is 25.4 Å². The van der Waals surface area contributed by atoms with Crippen LogP contribution in [0.5, 0.6) is 0 Å². The molecule has 1 amide bonds. The van der Waals surface area contributed by atoms with Crippen LogP contribution in [0.1, 0.15) is 39.5 Å². The maximum Gasteiger partial charge on any atom is 0.303 e. The van der Waals surface area contributed by atoms with Crippen molar-refractivity contribution >= 4 is 11.9 Å². The molecule has 0 saturated carbocycles. The van der Waals surface area contributed by atoms with E-state index in [0.717, 1.165) is 6.42 Å². The zero-order valence-corrected chi connectivity index (χ0v) is 10.1. The van der Waals surface area contributed by atoms with Crippen molar-refractivity contribution in [3.05, 3.63) is 0 Å². The predicted octanol–water partition coefficient (Wildman–Crippen LogP) is 0.746. The number of hydrogen-bond donors (Lipinski definition) is 3.